The summed E-state index contributed by atoms with van der Waals surface area (Å²) in [7, 11) is 0. The fourth-order valence-electron chi connectivity index (χ4n) is 2.19. The minimum absolute atomic E-state index is 0.139. The quantitative estimate of drug-likeness (QED) is 0.627. The molecule has 3 aromatic rings. The molecule has 0 atom stereocenters. The van der Waals surface area contributed by atoms with E-state index in [2.05, 4.69) is 33.4 Å². The molecule has 90 valence electrons. The Morgan fingerprint density at radius 2 is 1.89 bits per heavy atom. The number of nitrogens with one attached hydrogen (secondary N) is 2. The largest absolute Gasteiger partial charge is 0.319 e. The Balaban J connectivity index is 2.35. The maximum Gasteiger partial charge on any atom is 0.319 e. The standard InChI is InChI=1S/C13H12N4O/c1-8-3-9(2)5-10(4-8)17-7-14-13(18)11-6-15-16-12(11)17/h3-7H,1-2H3,(H,15,16,18)/p+1. The van der Waals surface area contributed by atoms with Crippen molar-refractivity contribution >= 4 is 11.0 Å². The van der Waals surface area contributed by atoms with Crippen molar-refractivity contribution in [3.05, 3.63) is 52.2 Å². The zero-order valence-corrected chi connectivity index (χ0v) is 10.2. The number of rotatable bonds is 1. The molecule has 0 saturated heterocycles. The summed E-state index contributed by atoms with van der Waals surface area (Å²) in [6, 6.07) is 6.23. The Morgan fingerprint density at radius 3 is 2.61 bits per heavy atom. The summed E-state index contributed by atoms with van der Waals surface area (Å²) < 4.78 is 1.89. The number of aromatic amines is 2. The van der Waals surface area contributed by atoms with E-state index in [0.717, 1.165) is 5.69 Å². The van der Waals surface area contributed by atoms with Crippen molar-refractivity contribution in [2.24, 2.45) is 0 Å². The lowest BCUT2D eigenvalue weighted by Crippen LogP contribution is -2.35. The molecule has 0 aliphatic carbocycles. The summed E-state index contributed by atoms with van der Waals surface area (Å²) >= 11 is 0. The highest BCUT2D eigenvalue weighted by atomic mass is 16.1. The molecule has 18 heavy (non-hydrogen) atoms. The van der Waals surface area contributed by atoms with Crippen LogP contribution in [0.5, 0.6) is 0 Å². The van der Waals surface area contributed by atoms with Crippen molar-refractivity contribution in [3.8, 4) is 5.69 Å². The Hall–Kier alpha value is -2.43. The molecule has 0 aliphatic heterocycles. The van der Waals surface area contributed by atoms with Gasteiger partial charge in [-0.15, -0.1) is 5.10 Å². The molecule has 2 aromatic heterocycles. The molecule has 0 bridgehead atoms. The maximum absolute atomic E-state index is 11.6. The van der Waals surface area contributed by atoms with Crippen molar-refractivity contribution < 1.29 is 4.57 Å². The van der Waals surface area contributed by atoms with Crippen molar-refractivity contribution in [2.45, 2.75) is 13.8 Å². The second-order valence-electron chi connectivity index (χ2n) is 4.45. The van der Waals surface area contributed by atoms with Gasteiger partial charge in [0, 0.05) is 0 Å². The molecule has 2 N–H and O–H groups in total. The minimum atomic E-state index is -0.139. The van der Waals surface area contributed by atoms with Gasteiger partial charge in [0.2, 0.25) is 0 Å². The third kappa shape index (κ3) is 1.60. The first-order valence-electron chi connectivity index (χ1n) is 5.70. The van der Waals surface area contributed by atoms with Gasteiger partial charge >= 0.3 is 5.56 Å². The van der Waals surface area contributed by atoms with E-state index in [9.17, 15) is 4.79 Å². The summed E-state index contributed by atoms with van der Waals surface area (Å²) in [6.07, 6.45) is 3.18. The molecular weight excluding hydrogens is 228 g/mol. The molecule has 5 nitrogen and oxygen atoms in total. The summed E-state index contributed by atoms with van der Waals surface area (Å²) in [6.45, 7) is 4.10. The first kappa shape index (κ1) is 10.7. The highest BCUT2D eigenvalue weighted by molar-refractivity contribution is 5.69. The van der Waals surface area contributed by atoms with Crippen molar-refractivity contribution in [1.29, 1.82) is 0 Å². The van der Waals surface area contributed by atoms with Gasteiger partial charge in [-0.2, -0.15) is 5.10 Å². The van der Waals surface area contributed by atoms with Crippen LogP contribution in [0.2, 0.25) is 0 Å². The van der Waals surface area contributed by atoms with Gasteiger partial charge in [0.25, 0.3) is 5.65 Å². The minimum Gasteiger partial charge on any atom is -0.250 e. The number of aromatic nitrogens is 4. The third-order valence-electron chi connectivity index (χ3n) is 2.91. The van der Waals surface area contributed by atoms with Crippen LogP contribution < -0.4 is 10.1 Å². The average molecular weight is 241 g/mol. The van der Waals surface area contributed by atoms with Crippen LogP contribution in [0.3, 0.4) is 0 Å². The SMILES string of the molecule is Cc1cc(C)cc(-[n+]2c[nH]c(=O)c3cn[nH]c32)c1. The van der Waals surface area contributed by atoms with Gasteiger partial charge in [0.1, 0.15) is 5.69 Å². The first-order valence-corrected chi connectivity index (χ1v) is 5.70. The molecule has 1 aromatic carbocycles. The summed E-state index contributed by atoms with van der Waals surface area (Å²) in [5.74, 6) is 0. The molecule has 5 heteroatoms. The van der Waals surface area contributed by atoms with Gasteiger partial charge in [0.05, 0.1) is 6.20 Å². The van der Waals surface area contributed by atoms with Gasteiger partial charge in [-0.1, -0.05) is 6.07 Å². The zero-order valence-electron chi connectivity index (χ0n) is 10.2. The van der Waals surface area contributed by atoms with Crippen LogP contribution in [0, 0.1) is 13.8 Å². The van der Waals surface area contributed by atoms with Crippen LogP contribution in [0.1, 0.15) is 11.1 Å². The molecule has 0 saturated carbocycles. The van der Waals surface area contributed by atoms with E-state index in [-0.39, 0.29) is 5.56 Å². The lowest BCUT2D eigenvalue weighted by molar-refractivity contribution is -0.573. The topological polar surface area (TPSA) is 65.4 Å². The molecule has 0 unspecified atom stereocenters. The molecule has 0 amide bonds. The summed E-state index contributed by atoms with van der Waals surface area (Å²) in [4.78, 5) is 14.3. The van der Waals surface area contributed by atoms with E-state index in [0.29, 0.717) is 11.0 Å². The molecule has 0 spiro atoms. The Bertz CT molecular complexity index is 765. The van der Waals surface area contributed by atoms with E-state index in [1.54, 1.807) is 6.33 Å². The lowest BCUT2D eigenvalue weighted by Gasteiger charge is -2.04. The summed E-state index contributed by atoms with van der Waals surface area (Å²) in [5.41, 5.74) is 3.91. The fraction of sp³-hybridized carbons (Fsp3) is 0.154. The van der Waals surface area contributed by atoms with Crippen LogP contribution in [-0.2, 0) is 0 Å². The Labute approximate surface area is 103 Å². The number of aryl methyl sites for hydroxylation is 2. The van der Waals surface area contributed by atoms with E-state index < -0.39 is 0 Å². The normalized spacial score (nSPS) is 11.0. The number of H-pyrrole nitrogens is 2. The molecule has 2 heterocycles. The van der Waals surface area contributed by atoms with Gasteiger partial charge in [-0.25, -0.2) is 9.55 Å². The van der Waals surface area contributed by atoms with Gasteiger partial charge in [-0.05, 0) is 37.1 Å². The Kier molecular flexibility index (Phi) is 2.26. The second kappa shape index (κ2) is 3.80. The molecule has 3 rings (SSSR count). The third-order valence-corrected chi connectivity index (χ3v) is 2.91. The van der Waals surface area contributed by atoms with E-state index in [1.807, 2.05) is 18.4 Å². The van der Waals surface area contributed by atoms with Gasteiger partial charge in [0.15, 0.2) is 11.7 Å². The zero-order chi connectivity index (χ0) is 12.7. The van der Waals surface area contributed by atoms with Crippen LogP contribution in [0.25, 0.3) is 16.7 Å². The van der Waals surface area contributed by atoms with E-state index in [1.165, 1.54) is 17.3 Å². The molecule has 0 fully saturated rings. The second-order valence-corrected chi connectivity index (χ2v) is 4.45. The Morgan fingerprint density at radius 1 is 1.17 bits per heavy atom. The van der Waals surface area contributed by atoms with Crippen LogP contribution in [0.15, 0.2) is 35.5 Å². The van der Waals surface area contributed by atoms with Crippen LogP contribution in [-0.4, -0.2) is 15.2 Å². The van der Waals surface area contributed by atoms with Crippen molar-refractivity contribution in [3.63, 3.8) is 0 Å². The molecule has 0 radical (unpaired) electrons. The van der Waals surface area contributed by atoms with Crippen molar-refractivity contribution in [2.75, 3.05) is 0 Å². The van der Waals surface area contributed by atoms with E-state index >= 15 is 0 Å². The molecular formula is C13H13N4O+. The van der Waals surface area contributed by atoms with Crippen LogP contribution >= 0.6 is 0 Å². The number of nitrogens with zero attached hydrogens (tertiary/aromatic N) is 2. The predicted molar refractivity (Wildman–Crippen MR) is 67.7 cm³/mol. The monoisotopic (exact) mass is 241 g/mol. The van der Waals surface area contributed by atoms with E-state index in [4.69, 9.17) is 0 Å². The number of hydrogen-bond donors (Lipinski definition) is 2. The summed E-state index contributed by atoms with van der Waals surface area (Å²) in [5, 5.41) is 7.34. The highest BCUT2D eigenvalue weighted by Crippen LogP contribution is 2.10. The molecule has 0 aliphatic rings. The number of benzene rings is 1. The van der Waals surface area contributed by atoms with Gasteiger partial charge in [-0.3, -0.25) is 4.79 Å². The predicted octanol–water partition coefficient (Wildman–Crippen LogP) is 1.14. The smallest absolute Gasteiger partial charge is 0.250 e. The van der Waals surface area contributed by atoms with Gasteiger partial charge < -0.3 is 0 Å². The highest BCUT2D eigenvalue weighted by Gasteiger charge is 2.13. The first-order chi connectivity index (χ1) is 8.65. The lowest BCUT2D eigenvalue weighted by atomic mass is 10.1. The van der Waals surface area contributed by atoms with Crippen LogP contribution in [0.4, 0.5) is 0 Å². The number of fused-ring (bicyclic) bond motifs is 1. The number of hydrogen-bond acceptors (Lipinski definition) is 2. The van der Waals surface area contributed by atoms with Crippen molar-refractivity contribution in [1.82, 2.24) is 15.2 Å². The fourth-order valence-corrected chi connectivity index (χ4v) is 2.19. The maximum atomic E-state index is 11.6. The average Bonchev–Trinajstić information content (AvgIpc) is 2.77.